The molecule has 0 aliphatic heterocycles. The fraction of sp³-hybridized carbons (Fsp3) is 0.250. The molecule has 0 unspecified atom stereocenters. The van der Waals surface area contributed by atoms with Crippen LogP contribution in [0, 0.1) is 27.6 Å². The average molecular weight is 216 g/mol. The van der Waals surface area contributed by atoms with E-state index in [1.807, 2.05) is 32.0 Å². The Balaban J connectivity index is 2.67. The summed E-state index contributed by atoms with van der Waals surface area (Å²) in [6.07, 6.45) is 0. The van der Waals surface area contributed by atoms with Gasteiger partial charge in [0.05, 0.1) is 0 Å². The summed E-state index contributed by atoms with van der Waals surface area (Å²) in [5.41, 5.74) is 3.64. The van der Waals surface area contributed by atoms with Crippen molar-refractivity contribution in [1.29, 1.82) is 0 Å². The number of benzene rings is 2. The Kier molecular flexibility index (Phi) is 1.46. The summed E-state index contributed by atoms with van der Waals surface area (Å²) >= 11 is 0. The third-order valence-electron chi connectivity index (χ3n) is 2.84. The first kappa shape index (κ1) is 5.67. The molecule has 16 heavy (non-hydrogen) atoms. The molecule has 2 aromatic carbocycles. The van der Waals surface area contributed by atoms with Crippen molar-refractivity contribution < 1.29 is 8.22 Å². The molecule has 0 saturated carbocycles. The van der Waals surface area contributed by atoms with Crippen molar-refractivity contribution in [2.45, 2.75) is 27.6 Å². The van der Waals surface area contributed by atoms with Crippen molar-refractivity contribution in [3.8, 4) is 11.1 Å². The molecule has 0 aliphatic carbocycles. The zero-order chi connectivity index (χ0) is 16.7. The van der Waals surface area contributed by atoms with Gasteiger partial charge in [0.1, 0.15) is 0 Å². The fourth-order valence-electron chi connectivity index (χ4n) is 1.70. The SMILES string of the molecule is [2H]C([2H])([2H])c1ccc(-c2ccc(C)c(C)c2)c(C([2H])([2H])[2H])c1. The van der Waals surface area contributed by atoms with Crippen molar-refractivity contribution >= 4 is 0 Å². The van der Waals surface area contributed by atoms with Crippen LogP contribution >= 0.6 is 0 Å². The van der Waals surface area contributed by atoms with Crippen molar-refractivity contribution in [2.24, 2.45) is 0 Å². The number of aryl methyl sites for hydroxylation is 4. The Labute approximate surface area is 106 Å². The zero-order valence-electron chi connectivity index (χ0n) is 15.5. The van der Waals surface area contributed by atoms with E-state index in [4.69, 9.17) is 8.22 Å². The molecule has 0 amide bonds. The molecule has 0 atom stereocenters. The van der Waals surface area contributed by atoms with Crippen LogP contribution in [0.3, 0.4) is 0 Å². The summed E-state index contributed by atoms with van der Waals surface area (Å²) in [7, 11) is 0. The Morgan fingerprint density at radius 2 is 1.69 bits per heavy atom. The Morgan fingerprint density at radius 3 is 2.38 bits per heavy atom. The largest absolute Gasteiger partial charge is 0.0587 e. The Morgan fingerprint density at radius 1 is 0.812 bits per heavy atom. The molecule has 0 fully saturated rings. The maximum absolute atomic E-state index is 7.71. The molecule has 2 rings (SSSR count). The third kappa shape index (κ3) is 2.01. The van der Waals surface area contributed by atoms with Gasteiger partial charge < -0.3 is 0 Å². The molecule has 2 aromatic rings. The van der Waals surface area contributed by atoms with Crippen LogP contribution in [0.4, 0.5) is 0 Å². The van der Waals surface area contributed by atoms with Crippen molar-refractivity contribution in [3.63, 3.8) is 0 Å². The van der Waals surface area contributed by atoms with E-state index in [2.05, 4.69) is 0 Å². The van der Waals surface area contributed by atoms with E-state index in [0.717, 1.165) is 16.7 Å². The minimum atomic E-state index is -2.37. The number of hydrogen-bond acceptors (Lipinski definition) is 0. The van der Waals surface area contributed by atoms with Gasteiger partial charge in [-0.3, -0.25) is 0 Å². The number of hydrogen-bond donors (Lipinski definition) is 0. The van der Waals surface area contributed by atoms with Gasteiger partial charge in [0, 0.05) is 8.22 Å². The zero-order valence-corrected chi connectivity index (χ0v) is 9.46. The fourth-order valence-corrected chi connectivity index (χ4v) is 1.70. The highest BCUT2D eigenvalue weighted by Gasteiger charge is 2.03. The minimum absolute atomic E-state index is 0.0474. The van der Waals surface area contributed by atoms with Crippen LogP contribution < -0.4 is 0 Å². The minimum Gasteiger partial charge on any atom is -0.0587 e. The predicted molar refractivity (Wildman–Crippen MR) is 70.8 cm³/mol. The highest BCUT2D eigenvalue weighted by atomic mass is 14.1. The molecular formula is C16H18. The topological polar surface area (TPSA) is 0 Å². The molecule has 0 heterocycles. The van der Waals surface area contributed by atoms with E-state index >= 15 is 0 Å². The highest BCUT2D eigenvalue weighted by molar-refractivity contribution is 5.68. The van der Waals surface area contributed by atoms with Crippen molar-refractivity contribution in [3.05, 3.63) is 58.7 Å². The molecule has 0 saturated heterocycles. The third-order valence-corrected chi connectivity index (χ3v) is 2.84. The summed E-state index contributed by atoms with van der Waals surface area (Å²) in [6.45, 7) is -0.733. The first-order valence-corrected chi connectivity index (χ1v) is 5.23. The summed E-state index contributed by atoms with van der Waals surface area (Å²) in [5.74, 6) is 0. The highest BCUT2D eigenvalue weighted by Crippen LogP contribution is 2.25. The van der Waals surface area contributed by atoms with Crippen LogP contribution in [0.15, 0.2) is 36.4 Å². The standard InChI is InChI=1S/C16H18/c1-11-5-8-16(14(4)9-11)15-7-6-12(2)13(3)10-15/h5-10H,1-4H3/i1D3,4D3. The van der Waals surface area contributed by atoms with E-state index in [9.17, 15) is 0 Å². The maximum atomic E-state index is 7.71. The van der Waals surface area contributed by atoms with Crippen molar-refractivity contribution in [2.75, 3.05) is 0 Å². The van der Waals surface area contributed by atoms with Crippen LogP contribution in [-0.4, -0.2) is 0 Å². The van der Waals surface area contributed by atoms with Crippen LogP contribution in [0.1, 0.15) is 30.5 Å². The van der Waals surface area contributed by atoms with Gasteiger partial charge in [0.25, 0.3) is 0 Å². The van der Waals surface area contributed by atoms with Gasteiger partial charge in [-0.2, -0.15) is 0 Å². The predicted octanol–water partition coefficient (Wildman–Crippen LogP) is 4.59. The molecular weight excluding hydrogens is 192 g/mol. The van der Waals surface area contributed by atoms with Crippen LogP contribution in [0.5, 0.6) is 0 Å². The van der Waals surface area contributed by atoms with E-state index in [0.29, 0.717) is 5.56 Å². The average Bonchev–Trinajstić information content (AvgIpc) is 2.39. The first-order chi connectivity index (χ1) is 10.00. The molecule has 0 radical (unpaired) electrons. The lowest BCUT2D eigenvalue weighted by Gasteiger charge is -2.09. The molecule has 0 bridgehead atoms. The van der Waals surface area contributed by atoms with Gasteiger partial charge >= 0.3 is 0 Å². The molecule has 0 aliphatic rings. The molecule has 0 N–H and O–H groups in total. The summed E-state index contributed by atoms with van der Waals surface area (Å²) in [6, 6.07) is 10.1. The lowest BCUT2D eigenvalue weighted by atomic mass is 9.96. The van der Waals surface area contributed by atoms with Crippen molar-refractivity contribution in [1.82, 2.24) is 0 Å². The quantitative estimate of drug-likeness (QED) is 0.654. The molecule has 82 valence electrons. The van der Waals surface area contributed by atoms with E-state index in [1.165, 1.54) is 12.1 Å². The number of rotatable bonds is 1. The maximum Gasteiger partial charge on any atom is 0.0280 e. The van der Waals surface area contributed by atoms with Gasteiger partial charge in [0.15, 0.2) is 0 Å². The van der Waals surface area contributed by atoms with Gasteiger partial charge in [-0.25, -0.2) is 0 Å². The van der Waals surface area contributed by atoms with Crippen LogP contribution in [-0.2, 0) is 0 Å². The lowest BCUT2D eigenvalue weighted by molar-refractivity contribution is 1.33. The van der Waals surface area contributed by atoms with E-state index in [-0.39, 0.29) is 11.1 Å². The Bertz CT molecular complexity index is 695. The molecule has 0 spiro atoms. The van der Waals surface area contributed by atoms with E-state index in [1.54, 1.807) is 6.07 Å². The van der Waals surface area contributed by atoms with Crippen LogP contribution in [0.25, 0.3) is 11.1 Å². The first-order valence-electron chi connectivity index (χ1n) is 8.23. The Hall–Kier alpha value is -1.56. The molecule has 0 heteroatoms. The van der Waals surface area contributed by atoms with Gasteiger partial charge in [-0.1, -0.05) is 42.0 Å². The van der Waals surface area contributed by atoms with Gasteiger partial charge in [0.2, 0.25) is 0 Å². The summed E-state index contributed by atoms with van der Waals surface area (Å²) in [4.78, 5) is 0. The van der Waals surface area contributed by atoms with Gasteiger partial charge in [-0.15, -0.1) is 0 Å². The second kappa shape index (κ2) is 4.13. The second-order valence-electron chi connectivity index (χ2n) is 4.06. The summed E-state index contributed by atoms with van der Waals surface area (Å²) in [5, 5.41) is 0. The smallest absolute Gasteiger partial charge is 0.0280 e. The van der Waals surface area contributed by atoms with E-state index < -0.39 is 13.7 Å². The normalized spacial score (nSPS) is 17.6. The molecule has 0 nitrogen and oxygen atoms in total. The second-order valence-corrected chi connectivity index (χ2v) is 4.06. The van der Waals surface area contributed by atoms with Gasteiger partial charge in [-0.05, 0) is 55.4 Å². The summed E-state index contributed by atoms with van der Waals surface area (Å²) < 4.78 is 45.5. The lowest BCUT2D eigenvalue weighted by Crippen LogP contribution is -1.87. The monoisotopic (exact) mass is 216 g/mol. The van der Waals surface area contributed by atoms with Crippen LogP contribution in [0.2, 0.25) is 0 Å². The molecule has 0 aromatic heterocycles.